The Morgan fingerprint density at radius 1 is 1.07 bits per heavy atom. The number of hydrogen-bond acceptors (Lipinski definition) is 3. The summed E-state index contributed by atoms with van der Waals surface area (Å²) < 4.78 is 43.0. The Kier molecular flexibility index (Phi) is 5.54. The van der Waals surface area contributed by atoms with E-state index in [0.717, 1.165) is 10.8 Å². The zero-order valence-electron chi connectivity index (χ0n) is 14.9. The van der Waals surface area contributed by atoms with Gasteiger partial charge in [-0.25, -0.2) is 12.8 Å². The fraction of sp³-hybridized carbons (Fsp3) is 0.150. The average molecular weight is 545 g/mol. The molecular formula is C20H15ClFIN2O3S. The largest absolute Gasteiger partial charge is 0.308 e. The molecule has 150 valence electrons. The molecule has 0 radical (unpaired) electrons. The number of fused-ring (bicyclic) bond motifs is 1. The second kappa shape index (κ2) is 7.82. The van der Waals surface area contributed by atoms with E-state index in [1.54, 1.807) is 30.3 Å². The van der Waals surface area contributed by atoms with Gasteiger partial charge in [-0.15, -0.1) is 0 Å². The maximum atomic E-state index is 14.2. The Balaban J connectivity index is 1.57. The molecule has 0 aliphatic carbocycles. The van der Waals surface area contributed by atoms with E-state index in [4.69, 9.17) is 11.6 Å². The first kappa shape index (κ1) is 20.5. The Bertz CT molecular complexity index is 1240. The number of sulfonamides is 1. The molecule has 9 heteroatoms. The molecule has 1 N–H and O–H groups in total. The first-order valence-corrected chi connectivity index (χ1v) is 11.7. The van der Waals surface area contributed by atoms with Crippen LogP contribution in [0.15, 0.2) is 59.5 Å². The lowest BCUT2D eigenvalue weighted by molar-refractivity contribution is -0.118. The van der Waals surface area contributed by atoms with Crippen molar-refractivity contribution in [2.45, 2.75) is 17.4 Å². The van der Waals surface area contributed by atoms with Crippen molar-refractivity contribution in [2.75, 3.05) is 11.4 Å². The predicted molar refractivity (Wildman–Crippen MR) is 119 cm³/mol. The van der Waals surface area contributed by atoms with Crippen molar-refractivity contribution in [2.24, 2.45) is 0 Å². The summed E-state index contributed by atoms with van der Waals surface area (Å²) in [5.41, 5.74) is 0.152. The number of rotatable bonds is 4. The molecule has 3 aromatic carbocycles. The molecular weight excluding hydrogens is 530 g/mol. The molecule has 1 saturated heterocycles. The van der Waals surface area contributed by atoms with Gasteiger partial charge in [-0.2, -0.15) is 4.72 Å². The van der Waals surface area contributed by atoms with E-state index in [0.29, 0.717) is 8.59 Å². The van der Waals surface area contributed by atoms with Crippen molar-refractivity contribution in [3.8, 4) is 0 Å². The number of halogens is 3. The van der Waals surface area contributed by atoms with Gasteiger partial charge in [0.25, 0.3) is 0 Å². The van der Waals surface area contributed by atoms with Crippen LogP contribution in [0.5, 0.6) is 0 Å². The number of carbonyl (C=O) groups is 1. The number of benzene rings is 3. The van der Waals surface area contributed by atoms with Gasteiger partial charge in [0.1, 0.15) is 11.9 Å². The Hall–Kier alpha value is -1.75. The molecule has 1 amide bonds. The van der Waals surface area contributed by atoms with Gasteiger partial charge >= 0.3 is 0 Å². The standard InChI is InChI=1S/C20H15ClFIN2O3S/c21-14-3-1-13-10-16(5-2-12(13)9-14)29(27,28)24-18-7-8-25(20(18)26)19-6-4-15(23)11-17(19)22/h1-6,9-11,18,24H,7-8H2/t18-/m0/s1. The molecule has 0 aromatic heterocycles. The lowest BCUT2D eigenvalue weighted by Gasteiger charge is -2.18. The van der Waals surface area contributed by atoms with Crippen LogP contribution >= 0.6 is 34.2 Å². The highest BCUT2D eigenvalue weighted by atomic mass is 127. The van der Waals surface area contributed by atoms with E-state index in [-0.39, 0.29) is 23.5 Å². The average Bonchev–Trinajstić information content (AvgIpc) is 3.01. The highest BCUT2D eigenvalue weighted by Crippen LogP contribution is 2.27. The summed E-state index contributed by atoms with van der Waals surface area (Å²) in [6.07, 6.45) is 0.257. The first-order chi connectivity index (χ1) is 13.7. The van der Waals surface area contributed by atoms with Crippen LogP contribution in [0, 0.1) is 9.39 Å². The minimum absolute atomic E-state index is 0.0546. The molecule has 0 saturated carbocycles. The monoisotopic (exact) mass is 544 g/mol. The summed E-state index contributed by atoms with van der Waals surface area (Å²) in [5, 5.41) is 2.09. The molecule has 29 heavy (non-hydrogen) atoms. The zero-order valence-corrected chi connectivity index (χ0v) is 18.6. The minimum atomic E-state index is -3.93. The van der Waals surface area contributed by atoms with Crippen LogP contribution in [0.4, 0.5) is 10.1 Å². The smallest absolute Gasteiger partial charge is 0.245 e. The quantitative estimate of drug-likeness (QED) is 0.498. The van der Waals surface area contributed by atoms with Gasteiger partial charge in [-0.05, 0) is 82.2 Å². The van der Waals surface area contributed by atoms with Crippen molar-refractivity contribution < 1.29 is 17.6 Å². The topological polar surface area (TPSA) is 66.5 Å². The highest BCUT2D eigenvalue weighted by Gasteiger charge is 2.36. The minimum Gasteiger partial charge on any atom is -0.308 e. The molecule has 0 bridgehead atoms. The number of nitrogens with zero attached hydrogens (tertiary/aromatic N) is 1. The van der Waals surface area contributed by atoms with Crippen molar-refractivity contribution in [1.29, 1.82) is 0 Å². The van der Waals surface area contributed by atoms with Crippen LogP contribution in [0.3, 0.4) is 0 Å². The van der Waals surface area contributed by atoms with Crippen molar-refractivity contribution in [1.82, 2.24) is 4.72 Å². The summed E-state index contributed by atoms with van der Waals surface area (Å²) in [5.74, 6) is -0.983. The maximum Gasteiger partial charge on any atom is 0.245 e. The second-order valence-electron chi connectivity index (χ2n) is 6.70. The highest BCUT2D eigenvalue weighted by molar-refractivity contribution is 14.1. The maximum absolute atomic E-state index is 14.2. The molecule has 5 nitrogen and oxygen atoms in total. The number of anilines is 1. The number of carbonyl (C=O) groups excluding carboxylic acids is 1. The Morgan fingerprint density at radius 3 is 2.55 bits per heavy atom. The van der Waals surface area contributed by atoms with Crippen molar-refractivity contribution in [3.63, 3.8) is 0 Å². The van der Waals surface area contributed by atoms with Crippen molar-refractivity contribution >= 4 is 66.6 Å². The third-order valence-corrected chi connectivity index (χ3v) is 7.16. The van der Waals surface area contributed by atoms with Crippen molar-refractivity contribution in [3.05, 3.63) is 69.0 Å². The summed E-state index contributed by atoms with van der Waals surface area (Å²) in [4.78, 5) is 14.1. The molecule has 4 rings (SSSR count). The van der Waals surface area contributed by atoms with Gasteiger partial charge in [-0.3, -0.25) is 4.79 Å². The predicted octanol–water partition coefficient (Wildman–Crippen LogP) is 4.32. The van der Waals surface area contributed by atoms with Gasteiger partial charge in [0.2, 0.25) is 15.9 Å². The third kappa shape index (κ3) is 4.11. The fourth-order valence-corrected chi connectivity index (χ4v) is 5.24. The van der Waals surface area contributed by atoms with Crippen LogP contribution < -0.4 is 9.62 Å². The van der Waals surface area contributed by atoms with E-state index >= 15 is 0 Å². The Morgan fingerprint density at radius 2 is 1.79 bits per heavy atom. The molecule has 1 atom stereocenters. The lowest BCUT2D eigenvalue weighted by Crippen LogP contribution is -2.41. The number of nitrogens with one attached hydrogen (secondary N) is 1. The SMILES string of the molecule is O=C1[C@@H](NS(=O)(=O)c2ccc3cc(Cl)ccc3c2)CCN1c1ccc(I)cc1F. The van der Waals surface area contributed by atoms with Crippen LogP contribution in [0.2, 0.25) is 5.02 Å². The molecule has 3 aromatic rings. The van der Waals surface area contributed by atoms with Gasteiger partial charge in [0, 0.05) is 15.1 Å². The number of amides is 1. The summed E-state index contributed by atoms with van der Waals surface area (Å²) in [6.45, 7) is 0.236. The van der Waals surface area contributed by atoms with Gasteiger partial charge in [0.05, 0.1) is 10.6 Å². The van der Waals surface area contributed by atoms with E-state index in [1.165, 1.54) is 29.2 Å². The second-order valence-corrected chi connectivity index (χ2v) is 10.1. The van der Waals surface area contributed by atoms with Gasteiger partial charge in [0.15, 0.2) is 0 Å². The third-order valence-electron chi connectivity index (χ3n) is 4.79. The van der Waals surface area contributed by atoms with E-state index in [2.05, 4.69) is 4.72 Å². The molecule has 0 spiro atoms. The van der Waals surface area contributed by atoms with Crippen LogP contribution in [0.1, 0.15) is 6.42 Å². The van der Waals surface area contributed by atoms with Crippen LogP contribution in [0.25, 0.3) is 10.8 Å². The van der Waals surface area contributed by atoms with E-state index in [9.17, 15) is 17.6 Å². The lowest BCUT2D eigenvalue weighted by atomic mass is 10.1. The van der Waals surface area contributed by atoms with E-state index < -0.39 is 27.8 Å². The normalized spacial score (nSPS) is 17.3. The molecule has 1 heterocycles. The summed E-state index contributed by atoms with van der Waals surface area (Å²) in [6, 6.07) is 13.4. The molecule has 1 aliphatic heterocycles. The molecule has 0 unspecified atom stereocenters. The van der Waals surface area contributed by atoms with Crippen LogP contribution in [-0.2, 0) is 14.8 Å². The number of hydrogen-bond donors (Lipinski definition) is 1. The fourth-order valence-electron chi connectivity index (χ4n) is 3.35. The summed E-state index contributed by atoms with van der Waals surface area (Å²) in [7, 11) is -3.93. The zero-order chi connectivity index (χ0) is 20.8. The van der Waals surface area contributed by atoms with E-state index in [1.807, 2.05) is 22.6 Å². The Labute approximate surface area is 186 Å². The molecule has 1 aliphatic rings. The van der Waals surface area contributed by atoms with Gasteiger partial charge < -0.3 is 4.90 Å². The molecule has 1 fully saturated rings. The summed E-state index contributed by atoms with van der Waals surface area (Å²) >= 11 is 7.95. The van der Waals surface area contributed by atoms with Crippen LogP contribution in [-0.4, -0.2) is 26.9 Å². The first-order valence-electron chi connectivity index (χ1n) is 8.73. The van der Waals surface area contributed by atoms with Gasteiger partial charge in [-0.1, -0.05) is 23.7 Å².